The lowest BCUT2D eigenvalue weighted by Gasteiger charge is -2.28. The number of benzene rings is 3. The van der Waals surface area contributed by atoms with Crippen LogP contribution in [0.3, 0.4) is 0 Å². The number of amides is 2. The second kappa shape index (κ2) is 13.8. The fourth-order valence-electron chi connectivity index (χ4n) is 4.22. The zero-order chi connectivity index (χ0) is 27.6. The van der Waals surface area contributed by atoms with Gasteiger partial charge in [0, 0.05) is 48.9 Å². The van der Waals surface area contributed by atoms with Crippen molar-refractivity contribution in [2.45, 2.75) is 13.0 Å². The molecule has 0 radical (unpaired) electrons. The molecule has 0 atom stereocenters. The van der Waals surface area contributed by atoms with Crippen LogP contribution >= 0.6 is 11.6 Å². The van der Waals surface area contributed by atoms with E-state index in [9.17, 15) is 14.0 Å². The van der Waals surface area contributed by atoms with Crippen LogP contribution in [0.2, 0.25) is 5.02 Å². The molecule has 4 rings (SSSR count). The van der Waals surface area contributed by atoms with Gasteiger partial charge in [-0.3, -0.25) is 9.59 Å². The molecule has 0 aliphatic rings. The van der Waals surface area contributed by atoms with Crippen molar-refractivity contribution in [3.8, 4) is 5.75 Å². The van der Waals surface area contributed by atoms with E-state index in [2.05, 4.69) is 4.98 Å². The fourth-order valence-corrected chi connectivity index (χ4v) is 4.35. The highest BCUT2D eigenvalue weighted by atomic mass is 35.5. The van der Waals surface area contributed by atoms with Crippen LogP contribution < -0.4 is 4.74 Å². The molecule has 0 fully saturated rings. The molecule has 1 N–H and O–H groups in total. The first-order chi connectivity index (χ1) is 18.9. The number of halogens is 2. The lowest BCUT2D eigenvalue weighted by molar-refractivity contribution is -0.142. The number of aromatic nitrogens is 1. The van der Waals surface area contributed by atoms with E-state index in [1.54, 1.807) is 41.3 Å². The molecule has 0 aliphatic heterocycles. The molecule has 0 aliphatic carbocycles. The second-order valence-electron chi connectivity index (χ2n) is 9.10. The van der Waals surface area contributed by atoms with E-state index in [-0.39, 0.29) is 50.5 Å². The number of H-pyrrole nitrogens is 1. The van der Waals surface area contributed by atoms with Crippen LogP contribution in [-0.2, 0) is 27.3 Å². The molecule has 0 spiro atoms. The van der Waals surface area contributed by atoms with E-state index in [0.29, 0.717) is 23.7 Å². The summed E-state index contributed by atoms with van der Waals surface area (Å²) < 4.78 is 24.3. The molecule has 1 aromatic heterocycles. The number of fused-ring (bicyclic) bond motifs is 1. The van der Waals surface area contributed by atoms with E-state index < -0.39 is 0 Å². The van der Waals surface area contributed by atoms with E-state index in [1.807, 2.05) is 30.5 Å². The Balaban J connectivity index is 1.46. The minimum Gasteiger partial charge on any atom is -0.484 e. The topological polar surface area (TPSA) is 74.9 Å². The molecule has 204 valence electrons. The highest BCUT2D eigenvalue weighted by Gasteiger charge is 2.22. The molecule has 4 aromatic rings. The van der Waals surface area contributed by atoms with E-state index in [0.717, 1.165) is 22.0 Å². The van der Waals surface area contributed by atoms with Gasteiger partial charge in [0.05, 0.1) is 13.2 Å². The maximum atomic E-state index is 13.6. The number of ether oxygens (including phenoxy) is 2. The predicted octanol–water partition coefficient (Wildman–Crippen LogP) is 5.09. The molecule has 3 aromatic carbocycles. The molecular formula is C30H31ClFN3O4. The Bertz CT molecular complexity index is 1380. The smallest absolute Gasteiger partial charge is 0.261 e. The van der Waals surface area contributed by atoms with Gasteiger partial charge in [-0.15, -0.1) is 0 Å². The van der Waals surface area contributed by atoms with Crippen molar-refractivity contribution in [2.75, 3.05) is 40.0 Å². The molecule has 39 heavy (non-hydrogen) atoms. The normalized spacial score (nSPS) is 10.9. The number of hydrogen-bond acceptors (Lipinski definition) is 4. The van der Waals surface area contributed by atoms with Crippen LogP contribution in [0.1, 0.15) is 11.1 Å². The van der Waals surface area contributed by atoms with Crippen molar-refractivity contribution in [1.29, 1.82) is 0 Å². The zero-order valence-corrected chi connectivity index (χ0v) is 22.5. The Morgan fingerprint density at radius 3 is 2.41 bits per heavy atom. The van der Waals surface area contributed by atoms with Crippen molar-refractivity contribution < 1.29 is 23.5 Å². The number of hydrogen-bond donors (Lipinski definition) is 1. The summed E-state index contributed by atoms with van der Waals surface area (Å²) in [7, 11) is 1.54. The number of carbonyl (C=O) groups is 2. The summed E-state index contributed by atoms with van der Waals surface area (Å²) in [5.41, 5.74) is 2.91. The van der Waals surface area contributed by atoms with Crippen LogP contribution in [0.25, 0.3) is 10.9 Å². The predicted molar refractivity (Wildman–Crippen MR) is 149 cm³/mol. The van der Waals surface area contributed by atoms with Crippen molar-refractivity contribution in [3.05, 3.63) is 101 Å². The first-order valence-electron chi connectivity index (χ1n) is 12.6. The van der Waals surface area contributed by atoms with Gasteiger partial charge in [0.1, 0.15) is 11.6 Å². The average molecular weight is 552 g/mol. The average Bonchev–Trinajstić information content (AvgIpc) is 3.36. The molecular weight excluding hydrogens is 521 g/mol. The first kappa shape index (κ1) is 28.1. The Morgan fingerprint density at radius 1 is 0.923 bits per heavy atom. The minimum absolute atomic E-state index is 0.138. The first-order valence-corrected chi connectivity index (χ1v) is 13.0. The quantitative estimate of drug-likeness (QED) is 0.251. The third kappa shape index (κ3) is 8.05. The Hall–Kier alpha value is -3.88. The van der Waals surface area contributed by atoms with Crippen LogP contribution in [0.5, 0.6) is 5.75 Å². The van der Waals surface area contributed by atoms with Crippen LogP contribution in [-0.4, -0.2) is 66.6 Å². The lowest BCUT2D eigenvalue weighted by atomic mass is 10.1. The second-order valence-corrected chi connectivity index (χ2v) is 9.54. The number of rotatable bonds is 13. The van der Waals surface area contributed by atoms with Gasteiger partial charge >= 0.3 is 0 Å². The summed E-state index contributed by atoms with van der Waals surface area (Å²) in [5, 5.41) is 1.66. The third-order valence-corrected chi connectivity index (χ3v) is 6.64. The fraction of sp³-hybridized carbons (Fsp3) is 0.267. The van der Waals surface area contributed by atoms with Gasteiger partial charge in [-0.25, -0.2) is 4.39 Å². The lowest BCUT2D eigenvalue weighted by Crippen LogP contribution is -2.46. The van der Waals surface area contributed by atoms with Crippen molar-refractivity contribution in [1.82, 2.24) is 14.8 Å². The number of para-hydroxylation sites is 1. The number of carbonyl (C=O) groups excluding carboxylic acids is 2. The van der Waals surface area contributed by atoms with Crippen LogP contribution in [0.4, 0.5) is 4.39 Å². The summed E-state index contributed by atoms with van der Waals surface area (Å²) >= 11 is 5.91. The van der Waals surface area contributed by atoms with Crippen LogP contribution in [0.15, 0.2) is 79.0 Å². The van der Waals surface area contributed by atoms with E-state index >= 15 is 0 Å². The van der Waals surface area contributed by atoms with E-state index in [1.165, 1.54) is 24.1 Å². The third-order valence-electron chi connectivity index (χ3n) is 6.39. The standard InChI is InChI=1S/C30H31ClFN3O4/c1-38-17-16-35(30(37)21-39-26-12-8-24(31)9-13-26)20-29(36)34(19-22-6-10-25(32)11-7-22)15-14-23-18-33-28-5-3-2-4-27(23)28/h2-13,18,33H,14-17,19-21H2,1H3. The maximum Gasteiger partial charge on any atom is 0.261 e. The van der Waals surface area contributed by atoms with Gasteiger partial charge in [0.15, 0.2) is 6.61 Å². The SMILES string of the molecule is COCCN(CC(=O)N(CCc1c[nH]c2ccccc12)Cc1ccc(F)cc1)C(=O)COc1ccc(Cl)cc1. The molecule has 9 heteroatoms. The number of nitrogens with zero attached hydrogens (tertiary/aromatic N) is 2. The minimum atomic E-state index is -0.340. The Morgan fingerprint density at radius 2 is 1.67 bits per heavy atom. The van der Waals surface area contributed by atoms with Crippen molar-refractivity contribution in [3.63, 3.8) is 0 Å². The summed E-state index contributed by atoms with van der Waals surface area (Å²) in [4.78, 5) is 33.0. The molecule has 7 nitrogen and oxygen atoms in total. The summed E-state index contributed by atoms with van der Waals surface area (Å²) in [6.45, 7) is 0.846. The van der Waals surface area contributed by atoms with E-state index in [4.69, 9.17) is 21.1 Å². The summed E-state index contributed by atoms with van der Waals surface area (Å²) in [6.07, 6.45) is 2.57. The monoisotopic (exact) mass is 551 g/mol. The molecule has 0 saturated carbocycles. The molecule has 1 heterocycles. The zero-order valence-electron chi connectivity index (χ0n) is 21.7. The molecule has 2 amide bonds. The van der Waals surface area contributed by atoms with Gasteiger partial charge in [-0.2, -0.15) is 0 Å². The van der Waals surface area contributed by atoms with Gasteiger partial charge in [0.2, 0.25) is 5.91 Å². The number of nitrogens with one attached hydrogen (secondary N) is 1. The van der Waals surface area contributed by atoms with Crippen molar-refractivity contribution >= 4 is 34.3 Å². The molecule has 0 unspecified atom stereocenters. The number of methoxy groups -OCH3 is 1. The van der Waals surface area contributed by atoms with Gasteiger partial charge in [-0.1, -0.05) is 41.9 Å². The van der Waals surface area contributed by atoms with Crippen molar-refractivity contribution in [2.24, 2.45) is 0 Å². The number of aromatic amines is 1. The van der Waals surface area contributed by atoms with Crippen LogP contribution in [0, 0.1) is 5.82 Å². The van der Waals surface area contributed by atoms with Gasteiger partial charge in [-0.05, 0) is 60.0 Å². The highest BCUT2D eigenvalue weighted by Crippen LogP contribution is 2.19. The molecule has 0 bridgehead atoms. The van der Waals surface area contributed by atoms with Gasteiger partial charge < -0.3 is 24.3 Å². The molecule has 0 saturated heterocycles. The van der Waals surface area contributed by atoms with Gasteiger partial charge in [0.25, 0.3) is 5.91 Å². The Kier molecular flexibility index (Phi) is 9.94. The summed E-state index contributed by atoms with van der Waals surface area (Å²) in [6, 6.07) is 20.8. The maximum absolute atomic E-state index is 13.6. The highest BCUT2D eigenvalue weighted by molar-refractivity contribution is 6.30. The largest absolute Gasteiger partial charge is 0.484 e. The Labute approximate surface area is 232 Å². The summed E-state index contributed by atoms with van der Waals surface area (Å²) in [5.74, 6) is -0.404.